The summed E-state index contributed by atoms with van der Waals surface area (Å²) in [4.78, 5) is 26.5. The number of carbonyl (C=O) groups is 1. The van der Waals surface area contributed by atoms with Crippen LogP contribution in [-0.4, -0.2) is 64.0 Å². The Hall–Kier alpha value is -3.60. The van der Waals surface area contributed by atoms with E-state index >= 15 is 0 Å². The zero-order valence-corrected chi connectivity index (χ0v) is 22.3. The zero-order chi connectivity index (χ0) is 27.1. The fraction of sp³-hybridized carbons (Fsp3) is 0.500. The number of rotatable bonds is 4. The summed E-state index contributed by atoms with van der Waals surface area (Å²) < 4.78 is 36.1. The van der Waals surface area contributed by atoms with Crippen molar-refractivity contribution in [3.63, 3.8) is 0 Å². The number of aryl methyl sites for hydroxylation is 2. The van der Waals surface area contributed by atoms with E-state index in [1.807, 2.05) is 6.07 Å². The molecule has 5 heterocycles. The Morgan fingerprint density at radius 3 is 2.69 bits per heavy atom. The smallest absolute Gasteiger partial charge is 0.317 e. The molecule has 1 N–H and O–H groups in total. The van der Waals surface area contributed by atoms with Crippen molar-refractivity contribution in [3.8, 4) is 11.1 Å². The van der Waals surface area contributed by atoms with Gasteiger partial charge in [0.25, 0.3) is 6.43 Å². The summed E-state index contributed by atoms with van der Waals surface area (Å²) in [5, 5.41) is 6.91. The number of hydrogen-bond donors (Lipinski definition) is 1. The van der Waals surface area contributed by atoms with Crippen molar-refractivity contribution < 1.29 is 18.3 Å². The zero-order valence-electron chi connectivity index (χ0n) is 22.3. The summed E-state index contributed by atoms with van der Waals surface area (Å²) in [5.41, 5.74) is 4.75. The van der Waals surface area contributed by atoms with Crippen LogP contribution in [-0.2, 0) is 31.2 Å². The molecular formula is C28H33F2N7O2. The lowest BCUT2D eigenvalue weighted by Gasteiger charge is -2.36. The first-order valence-corrected chi connectivity index (χ1v) is 13.6. The van der Waals surface area contributed by atoms with Crippen LogP contribution in [0.3, 0.4) is 0 Å². The standard InChI is InChI=1S/C28H33F2N7O2/c1-31-28(38)36-9-5-23-22(16-36)27(34-26(33-23)17-6-10-39-11-7-17)37-8-3-4-18-12-20(19-14-32-35(2)15-19)21(25(29)30)13-24(18)37/h12-15,17,25H,3-11,16H2,1-2H3,(H,31,38). The SMILES string of the molecule is CNC(=O)N1CCc2nc(C3CCOCC3)nc(N3CCCc4cc(-c5cnn(C)c5)c(C(F)F)cc43)c2C1. The predicted molar refractivity (Wildman–Crippen MR) is 142 cm³/mol. The van der Waals surface area contributed by atoms with Gasteiger partial charge in [-0.1, -0.05) is 0 Å². The number of benzene rings is 1. The second-order valence-electron chi connectivity index (χ2n) is 10.5. The van der Waals surface area contributed by atoms with Gasteiger partial charge in [0, 0.05) is 81.3 Å². The molecule has 1 fully saturated rings. The maximum atomic E-state index is 14.4. The van der Waals surface area contributed by atoms with E-state index in [9.17, 15) is 13.6 Å². The number of nitrogens with one attached hydrogen (secondary N) is 1. The fourth-order valence-electron chi connectivity index (χ4n) is 5.97. The van der Waals surface area contributed by atoms with Crippen molar-refractivity contribution >= 4 is 17.5 Å². The van der Waals surface area contributed by atoms with Crippen LogP contribution in [0.5, 0.6) is 0 Å². The number of anilines is 2. The Balaban J connectivity index is 1.48. The number of halogens is 2. The van der Waals surface area contributed by atoms with Crippen LogP contribution >= 0.6 is 0 Å². The second-order valence-corrected chi connectivity index (χ2v) is 10.5. The van der Waals surface area contributed by atoms with Crippen molar-refractivity contribution in [2.45, 2.75) is 51.0 Å². The second kappa shape index (κ2) is 10.5. The lowest BCUT2D eigenvalue weighted by Crippen LogP contribution is -2.42. The van der Waals surface area contributed by atoms with E-state index in [2.05, 4.69) is 15.3 Å². The first-order chi connectivity index (χ1) is 18.9. The Kier molecular flexibility index (Phi) is 6.92. The average Bonchev–Trinajstić information content (AvgIpc) is 3.41. The molecule has 0 spiro atoms. The van der Waals surface area contributed by atoms with E-state index in [0.29, 0.717) is 50.4 Å². The average molecular weight is 538 g/mol. The van der Waals surface area contributed by atoms with Crippen molar-refractivity contribution in [1.29, 1.82) is 0 Å². The molecule has 0 bridgehead atoms. The van der Waals surface area contributed by atoms with E-state index in [4.69, 9.17) is 14.7 Å². The molecule has 0 radical (unpaired) electrons. The first-order valence-electron chi connectivity index (χ1n) is 13.6. The highest BCUT2D eigenvalue weighted by atomic mass is 19.3. The number of urea groups is 1. The van der Waals surface area contributed by atoms with E-state index in [0.717, 1.165) is 59.8 Å². The molecule has 39 heavy (non-hydrogen) atoms. The van der Waals surface area contributed by atoms with Gasteiger partial charge in [0.15, 0.2) is 0 Å². The maximum Gasteiger partial charge on any atom is 0.317 e. The van der Waals surface area contributed by atoms with Gasteiger partial charge in [-0.15, -0.1) is 0 Å². The number of ether oxygens (including phenoxy) is 1. The van der Waals surface area contributed by atoms with Crippen LogP contribution < -0.4 is 10.2 Å². The third-order valence-electron chi connectivity index (χ3n) is 8.02. The maximum absolute atomic E-state index is 14.4. The number of alkyl halides is 2. The molecular weight excluding hydrogens is 504 g/mol. The third-order valence-corrected chi connectivity index (χ3v) is 8.02. The molecule has 3 aliphatic heterocycles. The van der Waals surface area contributed by atoms with E-state index in [1.54, 1.807) is 42.1 Å². The van der Waals surface area contributed by atoms with E-state index < -0.39 is 6.43 Å². The quantitative estimate of drug-likeness (QED) is 0.528. The predicted octanol–water partition coefficient (Wildman–Crippen LogP) is 4.49. The van der Waals surface area contributed by atoms with Crippen molar-refractivity contribution in [1.82, 2.24) is 30.0 Å². The van der Waals surface area contributed by atoms with Crippen LogP contribution in [0.1, 0.15) is 59.8 Å². The van der Waals surface area contributed by atoms with Gasteiger partial charge < -0.3 is 19.9 Å². The third kappa shape index (κ3) is 4.84. The number of fused-ring (bicyclic) bond motifs is 2. The molecule has 0 aliphatic carbocycles. The molecule has 0 atom stereocenters. The molecule has 9 nitrogen and oxygen atoms in total. The van der Waals surface area contributed by atoms with Crippen LogP contribution in [0.25, 0.3) is 11.1 Å². The number of aromatic nitrogens is 4. The lowest BCUT2D eigenvalue weighted by molar-refractivity contribution is 0.0835. The summed E-state index contributed by atoms with van der Waals surface area (Å²) in [6.07, 6.45) is 4.72. The van der Waals surface area contributed by atoms with Crippen molar-refractivity contribution in [3.05, 3.63) is 52.7 Å². The van der Waals surface area contributed by atoms with Gasteiger partial charge in [-0.3, -0.25) is 4.68 Å². The molecule has 2 amide bonds. The Labute approximate surface area is 226 Å². The van der Waals surface area contributed by atoms with Gasteiger partial charge in [-0.2, -0.15) is 5.10 Å². The van der Waals surface area contributed by atoms with Crippen molar-refractivity contribution in [2.75, 3.05) is 38.3 Å². The minimum atomic E-state index is -2.64. The normalized spacial score (nSPS) is 17.8. The molecule has 6 rings (SSSR count). The Morgan fingerprint density at radius 2 is 1.97 bits per heavy atom. The summed E-state index contributed by atoms with van der Waals surface area (Å²) >= 11 is 0. The molecule has 3 aliphatic rings. The summed E-state index contributed by atoms with van der Waals surface area (Å²) in [7, 11) is 3.40. The highest BCUT2D eigenvalue weighted by Gasteiger charge is 2.32. The molecule has 206 valence electrons. The monoisotopic (exact) mass is 537 g/mol. The molecule has 2 aromatic heterocycles. The molecule has 11 heteroatoms. The van der Waals surface area contributed by atoms with Crippen LogP contribution in [0, 0.1) is 0 Å². The summed E-state index contributed by atoms with van der Waals surface area (Å²) in [6, 6.07) is 3.37. The van der Waals surface area contributed by atoms with Crippen LogP contribution in [0.2, 0.25) is 0 Å². The highest BCUT2D eigenvalue weighted by Crippen LogP contribution is 2.43. The molecule has 0 saturated carbocycles. The number of amides is 2. The van der Waals surface area contributed by atoms with E-state index in [-0.39, 0.29) is 17.5 Å². The Morgan fingerprint density at radius 1 is 1.15 bits per heavy atom. The van der Waals surface area contributed by atoms with Gasteiger partial charge in [0.05, 0.1) is 18.4 Å². The topological polar surface area (TPSA) is 88.4 Å². The van der Waals surface area contributed by atoms with Crippen molar-refractivity contribution in [2.24, 2.45) is 7.05 Å². The lowest BCUT2D eigenvalue weighted by atomic mass is 9.92. The minimum Gasteiger partial charge on any atom is -0.381 e. The molecule has 0 unspecified atom stereocenters. The van der Waals surface area contributed by atoms with E-state index in [1.165, 1.54) is 0 Å². The van der Waals surface area contributed by atoms with Crippen LogP contribution in [0.15, 0.2) is 24.5 Å². The Bertz CT molecular complexity index is 1390. The van der Waals surface area contributed by atoms with Gasteiger partial charge in [-0.25, -0.2) is 23.5 Å². The van der Waals surface area contributed by atoms with Gasteiger partial charge in [0.2, 0.25) is 0 Å². The van der Waals surface area contributed by atoms with Crippen LogP contribution in [0.4, 0.5) is 25.1 Å². The highest BCUT2D eigenvalue weighted by molar-refractivity contribution is 5.78. The largest absolute Gasteiger partial charge is 0.381 e. The number of hydrogen-bond acceptors (Lipinski definition) is 6. The van der Waals surface area contributed by atoms with Gasteiger partial charge in [0.1, 0.15) is 11.6 Å². The first kappa shape index (κ1) is 25.7. The van der Waals surface area contributed by atoms with Gasteiger partial charge >= 0.3 is 6.03 Å². The minimum absolute atomic E-state index is 0.0202. The number of carbonyl (C=O) groups excluding carboxylic acids is 1. The summed E-state index contributed by atoms with van der Waals surface area (Å²) in [5.74, 6) is 1.70. The molecule has 1 saturated heterocycles. The summed E-state index contributed by atoms with van der Waals surface area (Å²) in [6.45, 7) is 2.94. The molecule has 1 aromatic carbocycles. The van der Waals surface area contributed by atoms with Gasteiger partial charge in [-0.05, 0) is 48.9 Å². The fourth-order valence-corrected chi connectivity index (χ4v) is 5.97. The number of nitrogens with zero attached hydrogens (tertiary/aromatic N) is 6. The molecule has 3 aromatic rings.